The molecule has 0 fully saturated rings. The van der Waals surface area contributed by atoms with Gasteiger partial charge in [0, 0.05) is 6.08 Å². The molecule has 0 saturated heterocycles. The Morgan fingerprint density at radius 1 is 1.12 bits per heavy atom. The van der Waals surface area contributed by atoms with E-state index in [4.69, 9.17) is 4.74 Å². The van der Waals surface area contributed by atoms with Gasteiger partial charge >= 0.3 is 0 Å². The Labute approximate surface area is 144 Å². The maximum Gasteiger partial charge on any atom is 0.244 e. The van der Waals surface area contributed by atoms with Crippen LogP contribution in [0.4, 0.5) is 0 Å². The Morgan fingerprint density at radius 3 is 2.42 bits per heavy atom. The van der Waals surface area contributed by atoms with Gasteiger partial charge in [0.1, 0.15) is 5.75 Å². The number of ether oxygens (including phenoxy) is 1. The van der Waals surface area contributed by atoms with Crippen LogP contribution in [0.25, 0.3) is 6.08 Å². The summed E-state index contributed by atoms with van der Waals surface area (Å²) in [7, 11) is 1.63. The number of aryl methyl sites for hydroxylation is 2. The molecule has 2 rings (SSSR count). The molecule has 2 aromatic rings. The first-order valence-corrected chi connectivity index (χ1v) is 8.23. The molecule has 24 heavy (non-hydrogen) atoms. The molecule has 0 radical (unpaired) electrons. The van der Waals surface area contributed by atoms with Gasteiger partial charge in [0.2, 0.25) is 5.91 Å². The molecule has 0 aliphatic rings. The molecule has 0 spiro atoms. The van der Waals surface area contributed by atoms with Crippen LogP contribution in [-0.2, 0) is 4.79 Å². The van der Waals surface area contributed by atoms with Crippen molar-refractivity contribution < 1.29 is 9.53 Å². The first-order valence-electron chi connectivity index (χ1n) is 8.23. The lowest BCUT2D eigenvalue weighted by atomic mass is 9.99. The number of nitrogens with one attached hydrogen (secondary N) is 1. The van der Waals surface area contributed by atoms with Crippen molar-refractivity contribution in [3.8, 4) is 5.75 Å². The summed E-state index contributed by atoms with van der Waals surface area (Å²) >= 11 is 0. The average Bonchev–Trinajstić information content (AvgIpc) is 2.60. The van der Waals surface area contributed by atoms with Crippen LogP contribution in [-0.4, -0.2) is 13.0 Å². The highest BCUT2D eigenvalue weighted by Crippen LogP contribution is 2.20. The lowest BCUT2D eigenvalue weighted by molar-refractivity contribution is -0.117. The average molecular weight is 323 g/mol. The zero-order valence-corrected chi connectivity index (χ0v) is 14.8. The third-order valence-corrected chi connectivity index (χ3v) is 4.20. The molecule has 1 atom stereocenters. The fraction of sp³-hybridized carbons (Fsp3) is 0.286. The van der Waals surface area contributed by atoms with E-state index in [2.05, 4.69) is 44.3 Å². The summed E-state index contributed by atoms with van der Waals surface area (Å²) in [6.45, 7) is 6.26. The molecule has 0 aliphatic heterocycles. The molecule has 3 heteroatoms. The van der Waals surface area contributed by atoms with Gasteiger partial charge in [0.05, 0.1) is 13.2 Å². The van der Waals surface area contributed by atoms with Gasteiger partial charge in [-0.1, -0.05) is 37.3 Å². The first-order chi connectivity index (χ1) is 11.5. The number of benzene rings is 2. The van der Waals surface area contributed by atoms with Gasteiger partial charge in [-0.25, -0.2) is 0 Å². The zero-order valence-electron chi connectivity index (χ0n) is 14.8. The molecule has 0 heterocycles. The topological polar surface area (TPSA) is 38.3 Å². The van der Waals surface area contributed by atoms with E-state index in [1.54, 1.807) is 13.2 Å². The number of hydrogen-bond donors (Lipinski definition) is 1. The van der Waals surface area contributed by atoms with Crippen molar-refractivity contribution in [2.75, 3.05) is 7.11 Å². The molecule has 0 aromatic heterocycles. The lowest BCUT2D eigenvalue weighted by Crippen LogP contribution is -2.26. The molecular formula is C21H25NO2. The Balaban J connectivity index is 2.02. The van der Waals surface area contributed by atoms with E-state index in [0.29, 0.717) is 0 Å². The highest BCUT2D eigenvalue weighted by molar-refractivity contribution is 5.92. The molecule has 0 bridgehead atoms. The van der Waals surface area contributed by atoms with E-state index in [1.807, 2.05) is 30.3 Å². The van der Waals surface area contributed by atoms with Crippen LogP contribution in [0, 0.1) is 13.8 Å². The Kier molecular flexibility index (Phi) is 6.19. The van der Waals surface area contributed by atoms with Crippen molar-refractivity contribution in [2.45, 2.75) is 33.2 Å². The molecule has 3 nitrogen and oxygen atoms in total. The fourth-order valence-corrected chi connectivity index (χ4v) is 2.51. The molecule has 2 aromatic carbocycles. The van der Waals surface area contributed by atoms with Crippen molar-refractivity contribution in [3.05, 3.63) is 70.8 Å². The van der Waals surface area contributed by atoms with Gasteiger partial charge in [-0.05, 0) is 60.7 Å². The molecule has 1 amide bonds. The van der Waals surface area contributed by atoms with E-state index in [-0.39, 0.29) is 11.9 Å². The molecular weight excluding hydrogens is 298 g/mol. The zero-order chi connectivity index (χ0) is 17.5. The third kappa shape index (κ3) is 4.72. The summed E-state index contributed by atoms with van der Waals surface area (Å²) in [6, 6.07) is 14.0. The Bertz CT molecular complexity index is 717. The van der Waals surface area contributed by atoms with Gasteiger partial charge in [0.15, 0.2) is 0 Å². The number of carbonyl (C=O) groups excluding carboxylic acids is 1. The highest BCUT2D eigenvalue weighted by atomic mass is 16.5. The molecule has 1 N–H and O–H groups in total. The van der Waals surface area contributed by atoms with E-state index >= 15 is 0 Å². The fourth-order valence-electron chi connectivity index (χ4n) is 2.51. The van der Waals surface area contributed by atoms with Crippen LogP contribution in [0.3, 0.4) is 0 Å². The normalized spacial score (nSPS) is 12.2. The van der Waals surface area contributed by atoms with Crippen LogP contribution in [0.15, 0.2) is 48.5 Å². The number of methoxy groups -OCH3 is 1. The van der Waals surface area contributed by atoms with Crippen molar-refractivity contribution in [1.29, 1.82) is 0 Å². The Morgan fingerprint density at radius 2 is 1.83 bits per heavy atom. The van der Waals surface area contributed by atoms with Crippen LogP contribution >= 0.6 is 0 Å². The van der Waals surface area contributed by atoms with E-state index in [9.17, 15) is 4.79 Å². The van der Waals surface area contributed by atoms with Crippen LogP contribution in [0.1, 0.15) is 41.6 Å². The number of amides is 1. The summed E-state index contributed by atoms with van der Waals surface area (Å²) < 4.78 is 5.13. The second kappa shape index (κ2) is 8.34. The van der Waals surface area contributed by atoms with Crippen molar-refractivity contribution >= 4 is 12.0 Å². The van der Waals surface area contributed by atoms with Crippen LogP contribution < -0.4 is 10.1 Å². The molecule has 0 unspecified atom stereocenters. The maximum absolute atomic E-state index is 12.2. The van der Waals surface area contributed by atoms with Crippen molar-refractivity contribution in [2.24, 2.45) is 0 Å². The predicted octanol–water partition coefficient (Wildman–Crippen LogP) is 4.59. The number of hydrogen-bond acceptors (Lipinski definition) is 2. The van der Waals surface area contributed by atoms with Gasteiger partial charge < -0.3 is 10.1 Å². The standard InChI is InChI=1S/C21H25NO2/c1-5-20(18-10-6-15(2)16(3)14-18)22-21(23)13-9-17-7-11-19(24-4)12-8-17/h6-14,20H,5H2,1-4H3,(H,22,23)/b13-9+/t20-/m0/s1. The number of carbonyl (C=O) groups is 1. The quantitative estimate of drug-likeness (QED) is 0.789. The third-order valence-electron chi connectivity index (χ3n) is 4.20. The second-order valence-electron chi connectivity index (χ2n) is 5.92. The first kappa shape index (κ1) is 17.8. The SMILES string of the molecule is CC[C@H](NC(=O)/C=C/c1ccc(OC)cc1)c1ccc(C)c(C)c1. The van der Waals surface area contributed by atoms with Crippen LogP contribution in [0.2, 0.25) is 0 Å². The smallest absolute Gasteiger partial charge is 0.244 e. The van der Waals surface area contributed by atoms with Crippen LogP contribution in [0.5, 0.6) is 5.75 Å². The largest absolute Gasteiger partial charge is 0.497 e. The maximum atomic E-state index is 12.2. The minimum Gasteiger partial charge on any atom is -0.497 e. The van der Waals surface area contributed by atoms with E-state index in [0.717, 1.165) is 23.3 Å². The summed E-state index contributed by atoms with van der Waals surface area (Å²) in [5, 5.41) is 3.07. The summed E-state index contributed by atoms with van der Waals surface area (Å²) in [5.41, 5.74) is 4.62. The van der Waals surface area contributed by atoms with Gasteiger partial charge in [0.25, 0.3) is 0 Å². The highest BCUT2D eigenvalue weighted by Gasteiger charge is 2.11. The summed E-state index contributed by atoms with van der Waals surface area (Å²) in [5.74, 6) is 0.716. The molecule has 0 aliphatic carbocycles. The minimum atomic E-state index is -0.0871. The predicted molar refractivity (Wildman–Crippen MR) is 99.1 cm³/mol. The van der Waals surface area contributed by atoms with Crippen molar-refractivity contribution in [1.82, 2.24) is 5.32 Å². The monoisotopic (exact) mass is 323 g/mol. The van der Waals surface area contributed by atoms with Gasteiger partial charge in [-0.15, -0.1) is 0 Å². The lowest BCUT2D eigenvalue weighted by Gasteiger charge is -2.17. The molecule has 126 valence electrons. The summed E-state index contributed by atoms with van der Waals surface area (Å²) in [6.07, 6.45) is 4.23. The summed E-state index contributed by atoms with van der Waals surface area (Å²) in [4.78, 5) is 12.2. The minimum absolute atomic E-state index is 0.0253. The number of rotatable bonds is 6. The van der Waals surface area contributed by atoms with E-state index in [1.165, 1.54) is 11.1 Å². The van der Waals surface area contributed by atoms with Gasteiger partial charge in [-0.3, -0.25) is 4.79 Å². The van der Waals surface area contributed by atoms with E-state index < -0.39 is 0 Å². The molecule has 0 saturated carbocycles. The van der Waals surface area contributed by atoms with Gasteiger partial charge in [-0.2, -0.15) is 0 Å². The van der Waals surface area contributed by atoms with Crippen molar-refractivity contribution in [3.63, 3.8) is 0 Å². The Hall–Kier alpha value is -2.55. The second-order valence-corrected chi connectivity index (χ2v) is 5.92.